The van der Waals surface area contributed by atoms with E-state index in [1.165, 1.54) is 24.5 Å². The van der Waals surface area contributed by atoms with Crippen molar-refractivity contribution in [3.05, 3.63) is 57.9 Å². The molecule has 4 rings (SSSR count). The highest BCUT2D eigenvalue weighted by Gasteiger charge is 2.28. The van der Waals surface area contributed by atoms with E-state index in [1.807, 2.05) is 24.4 Å². The summed E-state index contributed by atoms with van der Waals surface area (Å²) < 4.78 is 24.6. The molecule has 3 aromatic rings. The number of methoxy groups -OCH3 is 1. The van der Waals surface area contributed by atoms with Crippen molar-refractivity contribution in [1.82, 2.24) is 9.88 Å². The van der Waals surface area contributed by atoms with Crippen LogP contribution in [0.2, 0.25) is 0 Å². The summed E-state index contributed by atoms with van der Waals surface area (Å²) in [6, 6.07) is 8.38. The van der Waals surface area contributed by atoms with E-state index in [9.17, 15) is 9.18 Å². The second kappa shape index (κ2) is 8.47. The lowest BCUT2D eigenvalue weighted by Gasteiger charge is -2.31. The average molecular weight is 415 g/mol. The highest BCUT2D eigenvalue weighted by molar-refractivity contribution is 7.12. The number of aryl methyl sites for hydroxylation is 1. The van der Waals surface area contributed by atoms with Gasteiger partial charge in [-0.25, -0.2) is 9.37 Å². The van der Waals surface area contributed by atoms with Crippen LogP contribution in [0.1, 0.15) is 34.0 Å². The van der Waals surface area contributed by atoms with E-state index < -0.39 is 5.82 Å². The molecule has 1 aliphatic rings. The summed E-state index contributed by atoms with van der Waals surface area (Å²) in [7, 11) is 1.43. The molecule has 0 aliphatic carbocycles. The predicted molar refractivity (Wildman–Crippen MR) is 110 cm³/mol. The summed E-state index contributed by atoms with van der Waals surface area (Å²) >= 11 is 1.50. The van der Waals surface area contributed by atoms with E-state index in [4.69, 9.17) is 9.15 Å². The van der Waals surface area contributed by atoms with Gasteiger partial charge in [0, 0.05) is 24.6 Å². The highest BCUT2D eigenvalue weighted by Crippen LogP contribution is 2.29. The maximum Gasteiger partial charge on any atom is 0.226 e. The molecule has 1 unspecified atom stereocenters. The third kappa shape index (κ3) is 4.26. The van der Waals surface area contributed by atoms with Gasteiger partial charge in [-0.1, -0.05) is 6.07 Å². The van der Waals surface area contributed by atoms with Crippen molar-refractivity contribution in [2.45, 2.75) is 26.3 Å². The Balaban J connectivity index is 1.48. The van der Waals surface area contributed by atoms with Crippen LogP contribution in [0.3, 0.4) is 0 Å². The van der Waals surface area contributed by atoms with Crippen molar-refractivity contribution in [2.24, 2.45) is 5.92 Å². The number of benzene rings is 1. The van der Waals surface area contributed by atoms with Crippen LogP contribution in [0.25, 0.3) is 11.5 Å². The largest absolute Gasteiger partial charge is 0.494 e. The zero-order valence-electron chi connectivity index (χ0n) is 16.5. The number of ketones is 1. The number of halogens is 1. The number of rotatable bonds is 6. The van der Waals surface area contributed by atoms with Crippen LogP contribution in [-0.2, 0) is 6.54 Å². The van der Waals surface area contributed by atoms with Gasteiger partial charge in [-0.15, -0.1) is 11.3 Å². The number of Topliss-reactive ketones (excluding diaryl/α,β-unsaturated/α-hetero) is 1. The Morgan fingerprint density at radius 1 is 1.41 bits per heavy atom. The number of piperidine rings is 1. The molecule has 152 valence electrons. The second-order valence-electron chi connectivity index (χ2n) is 7.29. The van der Waals surface area contributed by atoms with Gasteiger partial charge >= 0.3 is 0 Å². The van der Waals surface area contributed by atoms with E-state index in [-0.39, 0.29) is 17.5 Å². The van der Waals surface area contributed by atoms with Crippen LogP contribution >= 0.6 is 11.3 Å². The first-order chi connectivity index (χ1) is 14.0. The number of ether oxygens (including phenoxy) is 1. The molecule has 0 N–H and O–H groups in total. The molecule has 5 nitrogen and oxygen atoms in total. The number of carbonyl (C=O) groups excluding carboxylic acids is 1. The van der Waals surface area contributed by atoms with Gasteiger partial charge in [-0.05, 0) is 56.0 Å². The maximum atomic E-state index is 13.7. The van der Waals surface area contributed by atoms with Crippen LogP contribution in [0, 0.1) is 18.7 Å². The third-order valence-corrected chi connectivity index (χ3v) is 6.19. The van der Waals surface area contributed by atoms with Crippen LogP contribution in [-0.4, -0.2) is 35.9 Å². The molecule has 0 radical (unpaired) electrons. The van der Waals surface area contributed by atoms with Crippen LogP contribution in [0.15, 0.2) is 40.1 Å². The van der Waals surface area contributed by atoms with Crippen molar-refractivity contribution in [3.63, 3.8) is 0 Å². The molecule has 3 heterocycles. The van der Waals surface area contributed by atoms with Gasteiger partial charge in [0.2, 0.25) is 5.89 Å². The van der Waals surface area contributed by atoms with Gasteiger partial charge in [0.25, 0.3) is 0 Å². The molecular formula is C22H23FN2O3S. The van der Waals surface area contributed by atoms with Crippen molar-refractivity contribution in [2.75, 3.05) is 20.2 Å². The summed E-state index contributed by atoms with van der Waals surface area (Å²) in [5, 5.41) is 1.94. The number of thiophene rings is 1. The first-order valence-electron chi connectivity index (χ1n) is 9.65. The van der Waals surface area contributed by atoms with Crippen LogP contribution in [0.4, 0.5) is 4.39 Å². The van der Waals surface area contributed by atoms with E-state index in [0.29, 0.717) is 18.0 Å². The quantitative estimate of drug-likeness (QED) is 0.534. The Morgan fingerprint density at radius 2 is 2.28 bits per heavy atom. The fourth-order valence-corrected chi connectivity index (χ4v) is 4.48. The SMILES string of the molecule is COc1cc(-c2nc(CN3CCCC(C(=O)c4cccs4)C3)c(C)o2)ccc1F. The minimum atomic E-state index is -0.422. The molecule has 0 saturated carbocycles. The highest BCUT2D eigenvalue weighted by atomic mass is 32.1. The van der Waals surface area contributed by atoms with Gasteiger partial charge in [0.1, 0.15) is 5.76 Å². The number of nitrogens with zero attached hydrogens (tertiary/aromatic N) is 2. The lowest BCUT2D eigenvalue weighted by Crippen LogP contribution is -2.38. The summed E-state index contributed by atoms with van der Waals surface area (Å²) in [4.78, 5) is 20.4. The molecule has 1 aromatic carbocycles. The predicted octanol–water partition coefficient (Wildman–Crippen LogP) is 4.95. The normalized spacial score (nSPS) is 17.4. The van der Waals surface area contributed by atoms with Gasteiger partial charge in [0.15, 0.2) is 17.3 Å². The molecule has 1 saturated heterocycles. The van der Waals surface area contributed by atoms with Gasteiger partial charge < -0.3 is 9.15 Å². The zero-order valence-corrected chi connectivity index (χ0v) is 17.3. The molecule has 2 aromatic heterocycles. The lowest BCUT2D eigenvalue weighted by atomic mass is 9.93. The Labute approximate surface area is 173 Å². The number of carbonyl (C=O) groups is 1. The van der Waals surface area contributed by atoms with Crippen molar-refractivity contribution in [3.8, 4) is 17.2 Å². The summed E-state index contributed by atoms with van der Waals surface area (Å²) in [5.74, 6) is 1.17. The summed E-state index contributed by atoms with van der Waals surface area (Å²) in [6.45, 7) is 4.16. The maximum absolute atomic E-state index is 13.7. The standard InChI is InChI=1S/C22H23FN2O3S/c1-14-18(24-22(28-14)15-7-8-17(23)19(11-15)27-2)13-25-9-3-5-16(12-25)21(26)20-6-4-10-29-20/h4,6-8,10-11,16H,3,5,9,12-13H2,1-2H3. The van der Waals surface area contributed by atoms with Crippen LogP contribution in [0.5, 0.6) is 5.75 Å². The van der Waals surface area contributed by atoms with Crippen molar-refractivity contribution < 1.29 is 18.3 Å². The average Bonchev–Trinajstić information content (AvgIpc) is 3.39. The molecule has 0 amide bonds. The smallest absolute Gasteiger partial charge is 0.226 e. The number of hydrogen-bond donors (Lipinski definition) is 0. The minimum Gasteiger partial charge on any atom is -0.494 e. The van der Waals surface area contributed by atoms with E-state index >= 15 is 0 Å². The van der Waals surface area contributed by atoms with Gasteiger partial charge in [0.05, 0.1) is 17.7 Å². The molecule has 1 atom stereocenters. The fourth-order valence-electron chi connectivity index (χ4n) is 3.74. The Kier molecular flexibility index (Phi) is 5.78. The van der Waals surface area contributed by atoms with E-state index in [0.717, 1.165) is 42.3 Å². The number of hydrogen-bond acceptors (Lipinski definition) is 6. The molecule has 0 spiro atoms. The Morgan fingerprint density at radius 3 is 3.03 bits per heavy atom. The number of likely N-dealkylation sites (tertiary alicyclic amines) is 1. The first kappa shape index (κ1) is 19.8. The third-order valence-electron chi connectivity index (χ3n) is 5.30. The molecule has 0 bridgehead atoms. The molecule has 1 aliphatic heterocycles. The first-order valence-corrected chi connectivity index (χ1v) is 10.5. The summed E-state index contributed by atoms with van der Waals surface area (Å²) in [6.07, 6.45) is 1.91. The Hall–Kier alpha value is -2.51. The van der Waals surface area contributed by atoms with Crippen molar-refractivity contribution in [1.29, 1.82) is 0 Å². The molecule has 29 heavy (non-hydrogen) atoms. The van der Waals surface area contributed by atoms with Crippen molar-refractivity contribution >= 4 is 17.1 Å². The molecular weight excluding hydrogens is 391 g/mol. The Bertz CT molecular complexity index is 1000. The van der Waals surface area contributed by atoms with E-state index in [1.54, 1.807) is 12.1 Å². The molecule has 1 fully saturated rings. The van der Waals surface area contributed by atoms with Crippen LogP contribution < -0.4 is 4.74 Å². The van der Waals surface area contributed by atoms with Gasteiger partial charge in [-0.3, -0.25) is 9.69 Å². The minimum absolute atomic E-state index is 0.0236. The number of aromatic nitrogens is 1. The van der Waals surface area contributed by atoms with E-state index in [2.05, 4.69) is 9.88 Å². The topological polar surface area (TPSA) is 55.6 Å². The number of oxazole rings is 1. The molecule has 7 heteroatoms. The van der Waals surface area contributed by atoms with Gasteiger partial charge in [-0.2, -0.15) is 0 Å². The zero-order chi connectivity index (χ0) is 20.4. The second-order valence-corrected chi connectivity index (χ2v) is 8.23. The summed E-state index contributed by atoms with van der Waals surface area (Å²) in [5.41, 5.74) is 1.51. The fraction of sp³-hybridized carbons (Fsp3) is 0.364. The monoisotopic (exact) mass is 414 g/mol. The lowest BCUT2D eigenvalue weighted by molar-refractivity contribution is 0.0814.